The van der Waals surface area contributed by atoms with E-state index in [4.69, 9.17) is 11.6 Å². The second-order valence-corrected chi connectivity index (χ2v) is 5.26. The number of halogens is 1. The van der Waals surface area contributed by atoms with Crippen molar-refractivity contribution in [3.63, 3.8) is 0 Å². The molecule has 0 aliphatic heterocycles. The zero-order valence-electron chi connectivity index (χ0n) is 11.3. The zero-order valence-corrected chi connectivity index (χ0v) is 12.0. The highest BCUT2D eigenvalue weighted by Crippen LogP contribution is 2.30. The Kier molecular flexibility index (Phi) is 4.25. The van der Waals surface area contributed by atoms with Gasteiger partial charge in [0.05, 0.1) is 4.92 Å². The van der Waals surface area contributed by atoms with Crippen LogP contribution in [-0.2, 0) is 0 Å². The molecule has 0 aliphatic rings. The molecule has 2 rings (SSSR count). The summed E-state index contributed by atoms with van der Waals surface area (Å²) in [5.41, 5.74) is 2.40. The van der Waals surface area contributed by atoms with Gasteiger partial charge in [-0.2, -0.15) is 0 Å². The quantitative estimate of drug-likeness (QED) is 0.628. The molecule has 1 N–H and O–H groups in total. The summed E-state index contributed by atoms with van der Waals surface area (Å²) in [6.45, 7) is 4.23. The van der Waals surface area contributed by atoms with Crippen LogP contribution in [0.5, 0.6) is 0 Å². The first-order chi connectivity index (χ1) is 9.47. The molecule has 20 heavy (non-hydrogen) atoms. The average Bonchev–Trinajstić information content (AvgIpc) is 2.39. The van der Waals surface area contributed by atoms with E-state index in [1.807, 2.05) is 24.3 Å². The third kappa shape index (κ3) is 3.27. The molecule has 0 saturated heterocycles. The topological polar surface area (TPSA) is 55.2 Å². The molecule has 0 heterocycles. The van der Waals surface area contributed by atoms with Crippen molar-refractivity contribution in [3.8, 4) is 0 Å². The van der Waals surface area contributed by atoms with Crippen molar-refractivity contribution in [3.05, 3.63) is 63.2 Å². The maximum absolute atomic E-state index is 11.0. The van der Waals surface area contributed by atoms with Crippen LogP contribution in [0.1, 0.15) is 25.3 Å². The Hall–Kier alpha value is -2.07. The van der Waals surface area contributed by atoms with E-state index in [-0.39, 0.29) is 5.69 Å². The molecule has 104 valence electrons. The fraction of sp³-hybridized carbons (Fsp3) is 0.200. The van der Waals surface area contributed by atoms with Gasteiger partial charge < -0.3 is 5.32 Å². The Morgan fingerprint density at radius 2 is 1.80 bits per heavy atom. The van der Waals surface area contributed by atoms with Gasteiger partial charge in [-0.15, -0.1) is 0 Å². The van der Waals surface area contributed by atoms with E-state index in [9.17, 15) is 10.1 Å². The molecule has 0 bridgehead atoms. The van der Waals surface area contributed by atoms with Crippen molar-refractivity contribution in [2.24, 2.45) is 0 Å². The van der Waals surface area contributed by atoms with Gasteiger partial charge in [0.1, 0.15) is 5.69 Å². The maximum Gasteiger partial charge on any atom is 0.292 e. The first-order valence-electron chi connectivity index (χ1n) is 6.28. The number of rotatable bonds is 4. The zero-order chi connectivity index (χ0) is 14.7. The van der Waals surface area contributed by atoms with Gasteiger partial charge in [-0.3, -0.25) is 10.1 Å². The Morgan fingerprint density at radius 3 is 2.35 bits per heavy atom. The molecule has 0 radical (unpaired) electrons. The predicted molar refractivity (Wildman–Crippen MR) is 81.9 cm³/mol. The fourth-order valence-corrected chi connectivity index (χ4v) is 2.05. The summed E-state index contributed by atoms with van der Waals surface area (Å²) in [6.07, 6.45) is 0. The van der Waals surface area contributed by atoms with Crippen LogP contribution < -0.4 is 5.32 Å². The molecular formula is C15H15ClN2O2. The lowest BCUT2D eigenvalue weighted by molar-refractivity contribution is -0.383. The molecule has 0 fully saturated rings. The van der Waals surface area contributed by atoms with E-state index in [1.54, 1.807) is 6.07 Å². The van der Waals surface area contributed by atoms with Crippen LogP contribution in [0.15, 0.2) is 42.5 Å². The van der Waals surface area contributed by atoms with Gasteiger partial charge in [0, 0.05) is 16.8 Å². The molecule has 0 saturated carbocycles. The monoisotopic (exact) mass is 290 g/mol. The lowest BCUT2D eigenvalue weighted by Crippen LogP contribution is -1.97. The Balaban J connectivity index is 2.29. The minimum Gasteiger partial charge on any atom is -0.350 e. The summed E-state index contributed by atoms with van der Waals surface area (Å²) in [6, 6.07) is 12.3. The van der Waals surface area contributed by atoms with Crippen LogP contribution in [0.2, 0.25) is 5.02 Å². The number of hydrogen-bond donors (Lipinski definition) is 1. The summed E-state index contributed by atoms with van der Waals surface area (Å²) < 4.78 is 0. The molecule has 0 aliphatic carbocycles. The first-order valence-corrected chi connectivity index (χ1v) is 6.66. The number of nitro benzene ring substituents is 1. The van der Waals surface area contributed by atoms with Gasteiger partial charge in [0.2, 0.25) is 0 Å². The predicted octanol–water partition coefficient (Wildman–Crippen LogP) is 5.12. The van der Waals surface area contributed by atoms with Crippen LogP contribution in [0, 0.1) is 10.1 Å². The number of nitrogens with one attached hydrogen (secondary N) is 1. The summed E-state index contributed by atoms with van der Waals surface area (Å²) in [5, 5.41) is 14.5. The summed E-state index contributed by atoms with van der Waals surface area (Å²) in [7, 11) is 0. The van der Waals surface area contributed by atoms with Gasteiger partial charge in [-0.05, 0) is 35.7 Å². The van der Waals surface area contributed by atoms with Crippen LogP contribution >= 0.6 is 11.6 Å². The van der Waals surface area contributed by atoms with E-state index < -0.39 is 4.92 Å². The second-order valence-electron chi connectivity index (χ2n) is 4.82. The summed E-state index contributed by atoms with van der Waals surface area (Å²) in [5.74, 6) is 0.449. The second kappa shape index (κ2) is 5.92. The van der Waals surface area contributed by atoms with Crippen molar-refractivity contribution >= 4 is 28.7 Å². The third-order valence-corrected chi connectivity index (χ3v) is 3.25. The molecule has 0 unspecified atom stereocenters. The van der Waals surface area contributed by atoms with Gasteiger partial charge in [-0.1, -0.05) is 37.6 Å². The molecule has 2 aromatic rings. The van der Waals surface area contributed by atoms with E-state index >= 15 is 0 Å². The smallest absolute Gasteiger partial charge is 0.292 e. The fourth-order valence-electron chi connectivity index (χ4n) is 1.87. The van der Waals surface area contributed by atoms with Crippen molar-refractivity contribution in [2.75, 3.05) is 5.32 Å². The van der Waals surface area contributed by atoms with E-state index in [0.717, 1.165) is 5.69 Å². The van der Waals surface area contributed by atoms with Gasteiger partial charge in [-0.25, -0.2) is 0 Å². The van der Waals surface area contributed by atoms with E-state index in [2.05, 4.69) is 19.2 Å². The van der Waals surface area contributed by atoms with Crippen molar-refractivity contribution < 1.29 is 4.92 Å². The minimum atomic E-state index is -0.429. The maximum atomic E-state index is 11.0. The van der Waals surface area contributed by atoms with Crippen LogP contribution in [0.4, 0.5) is 17.1 Å². The Morgan fingerprint density at radius 1 is 1.15 bits per heavy atom. The minimum absolute atomic E-state index is 0.00216. The largest absolute Gasteiger partial charge is 0.350 e. The highest BCUT2D eigenvalue weighted by atomic mass is 35.5. The van der Waals surface area contributed by atoms with Crippen molar-refractivity contribution in [1.29, 1.82) is 0 Å². The molecule has 0 spiro atoms. The highest BCUT2D eigenvalue weighted by molar-refractivity contribution is 6.31. The lowest BCUT2D eigenvalue weighted by Gasteiger charge is -2.10. The Bertz CT molecular complexity index is 624. The lowest BCUT2D eigenvalue weighted by atomic mass is 10.0. The number of benzene rings is 2. The van der Waals surface area contributed by atoms with Crippen LogP contribution in [0.3, 0.4) is 0 Å². The molecule has 2 aromatic carbocycles. The first kappa shape index (κ1) is 14.3. The van der Waals surface area contributed by atoms with Gasteiger partial charge in [0.25, 0.3) is 5.69 Å². The molecular weight excluding hydrogens is 276 g/mol. The number of nitro groups is 1. The number of anilines is 2. The Labute approximate surface area is 122 Å². The third-order valence-electron chi connectivity index (χ3n) is 3.01. The van der Waals surface area contributed by atoms with Gasteiger partial charge >= 0.3 is 0 Å². The molecule has 0 atom stereocenters. The van der Waals surface area contributed by atoms with E-state index in [0.29, 0.717) is 16.6 Å². The van der Waals surface area contributed by atoms with Crippen molar-refractivity contribution in [1.82, 2.24) is 0 Å². The number of hydrogen-bond acceptors (Lipinski definition) is 3. The molecule has 0 aromatic heterocycles. The summed E-state index contributed by atoms with van der Waals surface area (Å²) in [4.78, 5) is 10.6. The standard InChI is InChI=1S/C15H15ClN2O2/c1-10(2)11-3-6-13(7-4-11)17-14-9-12(16)5-8-15(14)18(19)20/h3-10,17H,1-2H3. The number of nitrogens with zero attached hydrogens (tertiary/aromatic N) is 1. The SMILES string of the molecule is CC(C)c1ccc(Nc2cc(Cl)ccc2[N+](=O)[O-])cc1. The van der Waals surface area contributed by atoms with Crippen molar-refractivity contribution in [2.45, 2.75) is 19.8 Å². The molecule has 0 amide bonds. The molecule has 5 heteroatoms. The van der Waals surface area contributed by atoms with E-state index in [1.165, 1.54) is 17.7 Å². The highest BCUT2D eigenvalue weighted by Gasteiger charge is 2.14. The van der Waals surface area contributed by atoms with Crippen LogP contribution in [-0.4, -0.2) is 4.92 Å². The average molecular weight is 291 g/mol. The van der Waals surface area contributed by atoms with Crippen LogP contribution in [0.25, 0.3) is 0 Å². The molecule has 4 nitrogen and oxygen atoms in total. The van der Waals surface area contributed by atoms with Gasteiger partial charge in [0.15, 0.2) is 0 Å². The normalized spacial score (nSPS) is 10.6. The summed E-state index contributed by atoms with van der Waals surface area (Å²) >= 11 is 5.89.